The Kier molecular flexibility index (Phi) is 5.17. The number of nitrogens with two attached hydrogens (primary N) is 1. The zero-order valence-electron chi connectivity index (χ0n) is 10.9. The first-order chi connectivity index (χ1) is 8.81. The summed E-state index contributed by atoms with van der Waals surface area (Å²) in [6.07, 6.45) is 2.95. The van der Waals surface area contributed by atoms with Crippen molar-refractivity contribution >= 4 is 21.4 Å². The van der Waals surface area contributed by atoms with Crippen LogP contribution in [0.1, 0.15) is 25.3 Å². The van der Waals surface area contributed by atoms with E-state index in [4.69, 9.17) is 10.5 Å². The van der Waals surface area contributed by atoms with Crippen molar-refractivity contribution in [2.45, 2.75) is 32.2 Å². The van der Waals surface area contributed by atoms with Gasteiger partial charge in [-0.05, 0) is 41.7 Å². The van der Waals surface area contributed by atoms with E-state index in [2.05, 4.69) is 36.6 Å². The monoisotopic (exact) mass is 263 g/mol. The predicted octanol–water partition coefficient (Wildman–Crippen LogP) is 3.59. The van der Waals surface area contributed by atoms with Crippen molar-refractivity contribution in [3.05, 3.63) is 35.2 Å². The molecule has 2 nitrogen and oxygen atoms in total. The molecule has 2 aromatic rings. The van der Waals surface area contributed by atoms with Crippen LogP contribution in [0.4, 0.5) is 0 Å². The minimum atomic E-state index is 0.194. The molecule has 1 heterocycles. The highest BCUT2D eigenvalue weighted by Gasteiger charge is 2.08. The molecule has 0 aliphatic rings. The topological polar surface area (TPSA) is 35.2 Å². The van der Waals surface area contributed by atoms with Crippen LogP contribution >= 0.6 is 11.3 Å². The van der Waals surface area contributed by atoms with Gasteiger partial charge in [0, 0.05) is 24.0 Å². The summed E-state index contributed by atoms with van der Waals surface area (Å²) in [5, 5.41) is 3.59. The average Bonchev–Trinajstić information content (AvgIpc) is 2.78. The molecule has 18 heavy (non-hydrogen) atoms. The second-order valence-corrected chi connectivity index (χ2v) is 5.53. The molecule has 1 aromatic carbocycles. The Balaban J connectivity index is 1.88. The fourth-order valence-corrected chi connectivity index (χ4v) is 3.03. The Morgan fingerprint density at radius 3 is 2.94 bits per heavy atom. The Bertz CT molecular complexity index is 480. The molecule has 1 atom stereocenters. The van der Waals surface area contributed by atoms with Gasteiger partial charge in [0.05, 0.1) is 0 Å². The Labute approximate surface area is 113 Å². The Morgan fingerprint density at radius 1 is 1.28 bits per heavy atom. The molecule has 0 spiro atoms. The lowest BCUT2D eigenvalue weighted by molar-refractivity contribution is 0.127. The molecule has 0 radical (unpaired) electrons. The summed E-state index contributed by atoms with van der Waals surface area (Å²) in [5.41, 5.74) is 7.54. The lowest BCUT2D eigenvalue weighted by Gasteiger charge is -2.11. The molecule has 0 saturated heterocycles. The van der Waals surface area contributed by atoms with E-state index in [1.165, 1.54) is 15.6 Å². The van der Waals surface area contributed by atoms with E-state index in [1.54, 1.807) is 11.3 Å². The largest absolute Gasteiger partial charge is 0.381 e. The fourth-order valence-electron chi connectivity index (χ4n) is 2.06. The van der Waals surface area contributed by atoms with Crippen LogP contribution in [-0.4, -0.2) is 19.3 Å². The summed E-state index contributed by atoms with van der Waals surface area (Å²) in [7, 11) is 0. The molecule has 0 aliphatic carbocycles. The third kappa shape index (κ3) is 3.55. The first-order valence-corrected chi connectivity index (χ1v) is 7.47. The van der Waals surface area contributed by atoms with Gasteiger partial charge in [0.25, 0.3) is 0 Å². The Hall–Kier alpha value is -0.900. The third-order valence-corrected chi connectivity index (χ3v) is 4.04. The van der Waals surface area contributed by atoms with Crippen LogP contribution in [0, 0.1) is 0 Å². The quantitative estimate of drug-likeness (QED) is 0.775. The maximum Gasteiger partial charge on any atom is 0.0480 e. The van der Waals surface area contributed by atoms with Crippen molar-refractivity contribution in [1.82, 2.24) is 0 Å². The van der Waals surface area contributed by atoms with Crippen LogP contribution in [0.5, 0.6) is 0 Å². The van der Waals surface area contributed by atoms with Gasteiger partial charge >= 0.3 is 0 Å². The maximum absolute atomic E-state index is 6.16. The molecule has 2 N–H and O–H groups in total. The lowest BCUT2D eigenvalue weighted by atomic mass is 10.0. The fraction of sp³-hybridized carbons (Fsp3) is 0.467. The standard InChI is InChI=1S/C15H21NOS/c1-2-8-17-9-7-13(16)10-12-11-18-15-6-4-3-5-14(12)15/h3-6,11,13H,2,7-10,16H2,1H3. The first-order valence-electron chi connectivity index (χ1n) is 6.59. The summed E-state index contributed by atoms with van der Waals surface area (Å²) >= 11 is 1.80. The van der Waals surface area contributed by atoms with Gasteiger partial charge in [-0.15, -0.1) is 11.3 Å². The summed E-state index contributed by atoms with van der Waals surface area (Å²) < 4.78 is 6.83. The van der Waals surface area contributed by atoms with Crippen molar-refractivity contribution in [2.75, 3.05) is 13.2 Å². The summed E-state index contributed by atoms with van der Waals surface area (Å²) in [6, 6.07) is 8.72. The summed E-state index contributed by atoms with van der Waals surface area (Å²) in [6.45, 7) is 3.74. The molecule has 2 rings (SSSR count). The van der Waals surface area contributed by atoms with Gasteiger partial charge in [-0.25, -0.2) is 0 Å². The number of thiophene rings is 1. The van der Waals surface area contributed by atoms with E-state index in [9.17, 15) is 0 Å². The molecule has 0 aliphatic heterocycles. The van der Waals surface area contributed by atoms with Crippen LogP contribution < -0.4 is 5.73 Å². The molecule has 98 valence electrons. The molecule has 3 heteroatoms. The van der Waals surface area contributed by atoms with Crippen molar-refractivity contribution < 1.29 is 4.74 Å². The highest BCUT2D eigenvalue weighted by Crippen LogP contribution is 2.26. The van der Waals surface area contributed by atoms with Crippen LogP contribution in [0.2, 0.25) is 0 Å². The van der Waals surface area contributed by atoms with E-state index >= 15 is 0 Å². The zero-order valence-corrected chi connectivity index (χ0v) is 11.7. The van der Waals surface area contributed by atoms with Gasteiger partial charge in [-0.3, -0.25) is 0 Å². The average molecular weight is 263 g/mol. The number of rotatable bonds is 7. The smallest absolute Gasteiger partial charge is 0.0480 e. The number of ether oxygens (including phenoxy) is 1. The van der Waals surface area contributed by atoms with Gasteiger partial charge in [0.15, 0.2) is 0 Å². The first kappa shape index (κ1) is 13.5. The molecular formula is C15H21NOS. The third-order valence-electron chi connectivity index (χ3n) is 3.02. The van der Waals surface area contributed by atoms with Crippen molar-refractivity contribution in [3.8, 4) is 0 Å². The van der Waals surface area contributed by atoms with Gasteiger partial charge in [0.2, 0.25) is 0 Å². The maximum atomic E-state index is 6.16. The molecule has 1 unspecified atom stereocenters. The van der Waals surface area contributed by atoms with E-state index in [-0.39, 0.29) is 6.04 Å². The van der Waals surface area contributed by atoms with Gasteiger partial charge in [0.1, 0.15) is 0 Å². The molecule has 0 saturated carbocycles. The van der Waals surface area contributed by atoms with E-state index in [0.717, 1.165) is 32.5 Å². The SMILES string of the molecule is CCCOCCC(N)Cc1csc2ccccc12. The van der Waals surface area contributed by atoms with Crippen molar-refractivity contribution in [1.29, 1.82) is 0 Å². The minimum Gasteiger partial charge on any atom is -0.381 e. The minimum absolute atomic E-state index is 0.194. The molecule has 0 amide bonds. The molecule has 1 aromatic heterocycles. The number of fused-ring (bicyclic) bond motifs is 1. The zero-order chi connectivity index (χ0) is 12.8. The van der Waals surface area contributed by atoms with Gasteiger partial charge in [-0.1, -0.05) is 25.1 Å². The van der Waals surface area contributed by atoms with Crippen LogP contribution in [0.15, 0.2) is 29.6 Å². The second-order valence-electron chi connectivity index (χ2n) is 4.62. The number of hydrogen-bond acceptors (Lipinski definition) is 3. The van der Waals surface area contributed by atoms with Gasteiger partial charge in [-0.2, -0.15) is 0 Å². The highest BCUT2D eigenvalue weighted by atomic mass is 32.1. The van der Waals surface area contributed by atoms with Gasteiger partial charge < -0.3 is 10.5 Å². The predicted molar refractivity (Wildman–Crippen MR) is 79.2 cm³/mol. The van der Waals surface area contributed by atoms with Crippen molar-refractivity contribution in [2.24, 2.45) is 5.73 Å². The van der Waals surface area contributed by atoms with Crippen molar-refractivity contribution in [3.63, 3.8) is 0 Å². The second kappa shape index (κ2) is 6.88. The summed E-state index contributed by atoms with van der Waals surface area (Å²) in [5.74, 6) is 0. The number of hydrogen-bond donors (Lipinski definition) is 1. The van der Waals surface area contributed by atoms with E-state index < -0.39 is 0 Å². The highest BCUT2D eigenvalue weighted by molar-refractivity contribution is 7.17. The van der Waals surface area contributed by atoms with Crippen LogP contribution in [0.25, 0.3) is 10.1 Å². The molecule has 0 bridgehead atoms. The Morgan fingerprint density at radius 2 is 2.11 bits per heavy atom. The van der Waals surface area contributed by atoms with Crippen LogP contribution in [0.3, 0.4) is 0 Å². The van der Waals surface area contributed by atoms with E-state index in [1.807, 2.05) is 0 Å². The van der Waals surface area contributed by atoms with E-state index in [0.29, 0.717) is 0 Å². The molecular weight excluding hydrogens is 242 g/mol. The summed E-state index contributed by atoms with van der Waals surface area (Å²) in [4.78, 5) is 0. The lowest BCUT2D eigenvalue weighted by Crippen LogP contribution is -2.24. The number of benzene rings is 1. The normalized spacial score (nSPS) is 13.0. The molecule has 0 fully saturated rings. The van der Waals surface area contributed by atoms with Crippen LogP contribution in [-0.2, 0) is 11.2 Å².